The molecule has 7 heteroatoms. The molecule has 5 rings (SSSR count). The van der Waals surface area contributed by atoms with Crippen LogP contribution in [0.5, 0.6) is 6.01 Å². The highest BCUT2D eigenvalue weighted by atomic mass is 35.5. The molecule has 2 aromatic rings. The van der Waals surface area contributed by atoms with Gasteiger partial charge in [-0.3, -0.25) is 0 Å². The van der Waals surface area contributed by atoms with Crippen LogP contribution in [0.3, 0.4) is 0 Å². The summed E-state index contributed by atoms with van der Waals surface area (Å²) in [4.78, 5) is 11.3. The molecule has 2 saturated heterocycles. The van der Waals surface area contributed by atoms with E-state index in [9.17, 15) is 4.39 Å². The molecule has 3 atom stereocenters. The molecule has 0 N–H and O–H groups in total. The minimum atomic E-state index is -0.335. The highest BCUT2D eigenvalue weighted by Gasteiger charge is 2.42. The van der Waals surface area contributed by atoms with Gasteiger partial charge in [0.05, 0.1) is 0 Å². The van der Waals surface area contributed by atoms with E-state index < -0.39 is 0 Å². The molecule has 0 amide bonds. The molecule has 1 saturated carbocycles. The highest BCUT2D eigenvalue weighted by Crippen LogP contribution is 2.40. The Morgan fingerprint density at radius 1 is 1.10 bits per heavy atom. The molecule has 160 valence electrons. The van der Waals surface area contributed by atoms with Crippen molar-refractivity contribution >= 4 is 11.6 Å². The number of benzene rings is 1. The van der Waals surface area contributed by atoms with Gasteiger partial charge in [-0.05, 0) is 61.6 Å². The van der Waals surface area contributed by atoms with Gasteiger partial charge in [-0.15, -0.1) is 0 Å². The lowest BCUT2D eigenvalue weighted by Gasteiger charge is -2.27. The number of hydrogen-bond acceptors (Lipinski definition) is 5. The minimum Gasteiger partial charge on any atom is -0.460 e. The second-order valence-electron chi connectivity index (χ2n) is 8.88. The fourth-order valence-corrected chi connectivity index (χ4v) is 5.49. The van der Waals surface area contributed by atoms with Crippen LogP contribution in [-0.2, 0) is 4.74 Å². The van der Waals surface area contributed by atoms with Crippen molar-refractivity contribution in [1.29, 1.82) is 0 Å². The van der Waals surface area contributed by atoms with Crippen molar-refractivity contribution in [3.63, 3.8) is 0 Å². The van der Waals surface area contributed by atoms with Gasteiger partial charge in [0.1, 0.15) is 11.9 Å². The van der Waals surface area contributed by atoms with Crippen molar-refractivity contribution in [2.24, 2.45) is 17.8 Å². The van der Waals surface area contributed by atoms with E-state index in [1.165, 1.54) is 44.6 Å². The Morgan fingerprint density at radius 3 is 2.50 bits per heavy atom. The lowest BCUT2D eigenvalue weighted by atomic mass is 10.00. The Hall–Kier alpha value is -1.76. The summed E-state index contributed by atoms with van der Waals surface area (Å²) in [6.45, 7) is 5.42. The number of aromatic nitrogens is 2. The van der Waals surface area contributed by atoms with Crippen molar-refractivity contribution in [3.05, 3.63) is 41.4 Å². The summed E-state index contributed by atoms with van der Waals surface area (Å²) in [6.07, 6.45) is 8.00. The van der Waals surface area contributed by atoms with Crippen LogP contribution >= 0.6 is 11.6 Å². The van der Waals surface area contributed by atoms with Crippen LogP contribution in [0, 0.1) is 23.6 Å². The summed E-state index contributed by atoms with van der Waals surface area (Å²) in [5.74, 6) is 1.88. The summed E-state index contributed by atoms with van der Waals surface area (Å²) >= 11 is 6.17. The summed E-state index contributed by atoms with van der Waals surface area (Å²) in [7, 11) is 0. The predicted octanol–water partition coefficient (Wildman–Crippen LogP) is 4.45. The van der Waals surface area contributed by atoms with Crippen molar-refractivity contribution in [2.75, 3.05) is 32.8 Å². The third-order valence-electron chi connectivity index (χ3n) is 6.78. The molecule has 5 nitrogen and oxygen atoms in total. The first-order valence-corrected chi connectivity index (χ1v) is 11.3. The number of ether oxygens (including phenoxy) is 2. The number of rotatable bonds is 5. The second-order valence-corrected chi connectivity index (χ2v) is 9.29. The Labute approximate surface area is 181 Å². The Balaban J connectivity index is 1.14. The molecule has 1 aromatic heterocycles. The van der Waals surface area contributed by atoms with Crippen molar-refractivity contribution < 1.29 is 13.9 Å². The number of halogens is 2. The zero-order chi connectivity index (χ0) is 20.5. The topological polar surface area (TPSA) is 47.5 Å². The molecule has 1 aromatic carbocycles. The SMILES string of the molecule is Fc1ccc(Cl)c(-c2cnc(OC3C[C@@H]4CN(CC5CCOCC5)C[C@@H]4C3)nc2)c1. The lowest BCUT2D eigenvalue weighted by Crippen LogP contribution is -2.32. The summed E-state index contributed by atoms with van der Waals surface area (Å²) in [5.41, 5.74) is 1.27. The van der Waals surface area contributed by atoms with E-state index in [4.69, 9.17) is 21.1 Å². The molecule has 30 heavy (non-hydrogen) atoms. The molecule has 2 aliphatic heterocycles. The normalized spacial score (nSPS) is 27.3. The van der Waals surface area contributed by atoms with E-state index in [2.05, 4.69) is 14.9 Å². The molecule has 3 heterocycles. The number of fused-ring (bicyclic) bond motifs is 1. The van der Waals surface area contributed by atoms with Gasteiger partial charge in [0, 0.05) is 61.4 Å². The fourth-order valence-electron chi connectivity index (χ4n) is 5.26. The maximum absolute atomic E-state index is 13.5. The maximum Gasteiger partial charge on any atom is 0.316 e. The van der Waals surface area contributed by atoms with Crippen LogP contribution in [-0.4, -0.2) is 53.8 Å². The third-order valence-corrected chi connectivity index (χ3v) is 7.11. The van der Waals surface area contributed by atoms with E-state index in [1.807, 2.05) is 0 Å². The molecular formula is C23H27ClFN3O2. The average Bonchev–Trinajstić information content (AvgIpc) is 3.29. The monoisotopic (exact) mass is 431 g/mol. The minimum absolute atomic E-state index is 0.175. The fraction of sp³-hybridized carbons (Fsp3) is 0.565. The van der Waals surface area contributed by atoms with Gasteiger partial charge in [0.15, 0.2) is 0 Å². The molecule has 1 aliphatic carbocycles. The van der Waals surface area contributed by atoms with E-state index >= 15 is 0 Å². The first-order valence-electron chi connectivity index (χ1n) is 10.9. The van der Waals surface area contributed by atoms with E-state index in [0.29, 0.717) is 34.0 Å². The third kappa shape index (κ3) is 4.46. The first-order chi connectivity index (χ1) is 14.6. The Kier molecular flexibility index (Phi) is 5.89. The lowest BCUT2D eigenvalue weighted by molar-refractivity contribution is 0.0539. The van der Waals surface area contributed by atoms with Crippen LogP contribution in [0.4, 0.5) is 4.39 Å². The van der Waals surface area contributed by atoms with E-state index in [-0.39, 0.29) is 11.9 Å². The summed E-state index contributed by atoms with van der Waals surface area (Å²) < 4.78 is 25.1. The molecule has 0 bridgehead atoms. The van der Waals surface area contributed by atoms with Crippen LogP contribution in [0.1, 0.15) is 25.7 Å². The highest BCUT2D eigenvalue weighted by molar-refractivity contribution is 6.33. The standard InChI is InChI=1S/C23H27ClFN3O2/c24-22-2-1-19(25)9-21(22)18-10-26-23(27-11-18)30-20-7-16-13-28(14-17(16)8-20)12-15-3-5-29-6-4-15/h1-2,9-11,15-17,20H,3-8,12-14H2/t16-,17+,20?. The van der Waals surface area contributed by atoms with Gasteiger partial charge in [0.2, 0.25) is 0 Å². The Bertz CT molecular complexity index is 861. The van der Waals surface area contributed by atoms with Crippen LogP contribution in [0.25, 0.3) is 11.1 Å². The number of hydrogen-bond donors (Lipinski definition) is 0. The van der Waals surface area contributed by atoms with Crippen molar-refractivity contribution in [1.82, 2.24) is 14.9 Å². The van der Waals surface area contributed by atoms with Gasteiger partial charge in [-0.1, -0.05) is 11.6 Å². The zero-order valence-corrected chi connectivity index (χ0v) is 17.7. The average molecular weight is 432 g/mol. The van der Waals surface area contributed by atoms with Gasteiger partial charge in [-0.25, -0.2) is 14.4 Å². The predicted molar refractivity (Wildman–Crippen MR) is 113 cm³/mol. The summed E-state index contributed by atoms with van der Waals surface area (Å²) in [6, 6.07) is 4.66. The van der Waals surface area contributed by atoms with Gasteiger partial charge in [0.25, 0.3) is 0 Å². The van der Waals surface area contributed by atoms with E-state index in [1.54, 1.807) is 18.5 Å². The van der Waals surface area contributed by atoms with Crippen LogP contribution < -0.4 is 4.74 Å². The van der Waals surface area contributed by atoms with Crippen LogP contribution in [0.2, 0.25) is 5.02 Å². The van der Waals surface area contributed by atoms with Crippen molar-refractivity contribution in [3.8, 4) is 17.1 Å². The summed E-state index contributed by atoms with van der Waals surface area (Å²) in [5, 5.41) is 0.475. The van der Waals surface area contributed by atoms with Gasteiger partial charge < -0.3 is 14.4 Å². The Morgan fingerprint density at radius 2 is 1.80 bits per heavy atom. The van der Waals surface area contributed by atoms with Crippen LogP contribution in [0.15, 0.2) is 30.6 Å². The molecule has 3 aliphatic rings. The number of likely N-dealkylation sites (tertiary alicyclic amines) is 1. The van der Waals surface area contributed by atoms with Crippen molar-refractivity contribution in [2.45, 2.75) is 31.8 Å². The number of nitrogens with zero attached hydrogens (tertiary/aromatic N) is 3. The molecule has 3 fully saturated rings. The molecular weight excluding hydrogens is 405 g/mol. The molecule has 1 unspecified atom stereocenters. The second kappa shape index (κ2) is 8.77. The smallest absolute Gasteiger partial charge is 0.316 e. The zero-order valence-electron chi connectivity index (χ0n) is 17.0. The molecule has 0 radical (unpaired) electrons. The van der Waals surface area contributed by atoms with Gasteiger partial charge >= 0.3 is 6.01 Å². The largest absolute Gasteiger partial charge is 0.460 e. The quantitative estimate of drug-likeness (QED) is 0.699. The van der Waals surface area contributed by atoms with E-state index in [0.717, 1.165) is 32.0 Å². The maximum atomic E-state index is 13.5. The molecule has 0 spiro atoms. The first kappa shape index (κ1) is 20.2. The van der Waals surface area contributed by atoms with Gasteiger partial charge in [-0.2, -0.15) is 0 Å².